The number of hydrogen-bond acceptors (Lipinski definition) is 4. The van der Waals surface area contributed by atoms with E-state index in [2.05, 4.69) is 9.47 Å². The Balaban J connectivity index is 2.84. The van der Waals surface area contributed by atoms with Crippen molar-refractivity contribution >= 4 is 11.9 Å². The minimum atomic E-state index is -0.861. The average Bonchev–Trinajstić information content (AvgIpc) is 2.30. The van der Waals surface area contributed by atoms with Gasteiger partial charge < -0.3 is 9.47 Å². The first-order chi connectivity index (χ1) is 7.20. The molecule has 0 unspecified atom stereocenters. The molecular formula is C11H16O4. The fraction of sp³-hybridized carbons (Fsp3) is 0.636. The van der Waals surface area contributed by atoms with E-state index in [4.69, 9.17) is 0 Å². The van der Waals surface area contributed by atoms with Gasteiger partial charge in [-0.15, -0.1) is 0 Å². The first-order valence-electron chi connectivity index (χ1n) is 5.05. The third kappa shape index (κ3) is 2.81. The van der Waals surface area contributed by atoms with Crippen LogP contribution in [0.2, 0.25) is 0 Å². The van der Waals surface area contributed by atoms with E-state index in [1.165, 1.54) is 14.2 Å². The maximum atomic E-state index is 11.4. The molecule has 0 saturated carbocycles. The highest BCUT2D eigenvalue weighted by molar-refractivity contribution is 5.98. The highest BCUT2D eigenvalue weighted by Gasteiger charge is 2.32. The van der Waals surface area contributed by atoms with Gasteiger partial charge in [0.2, 0.25) is 0 Å². The maximum Gasteiger partial charge on any atom is 0.324 e. The molecule has 0 heterocycles. The summed E-state index contributed by atoms with van der Waals surface area (Å²) in [6, 6.07) is 0. The number of methoxy groups -OCH3 is 2. The lowest BCUT2D eigenvalue weighted by Gasteiger charge is -2.19. The van der Waals surface area contributed by atoms with Gasteiger partial charge in [-0.1, -0.05) is 6.08 Å². The third-order valence-corrected chi connectivity index (χ3v) is 2.57. The lowest BCUT2D eigenvalue weighted by molar-refractivity contribution is -0.156. The standard InChI is InChI=1S/C11H16O4/c1-14-10(12)9(11(13)15-2)8-6-4-3-5-7-8/h6,9H,3-5,7H2,1-2H3. The molecule has 84 valence electrons. The topological polar surface area (TPSA) is 52.6 Å². The Hall–Kier alpha value is -1.32. The van der Waals surface area contributed by atoms with Gasteiger partial charge in [-0.3, -0.25) is 9.59 Å². The lowest BCUT2D eigenvalue weighted by atomic mass is 9.89. The Morgan fingerprint density at radius 2 is 1.80 bits per heavy atom. The minimum Gasteiger partial charge on any atom is -0.468 e. The first-order valence-corrected chi connectivity index (χ1v) is 5.05. The smallest absolute Gasteiger partial charge is 0.324 e. The summed E-state index contributed by atoms with van der Waals surface area (Å²) in [5.74, 6) is -1.93. The van der Waals surface area contributed by atoms with Gasteiger partial charge in [0.25, 0.3) is 0 Å². The van der Waals surface area contributed by atoms with Crippen LogP contribution in [0.3, 0.4) is 0 Å². The molecule has 0 fully saturated rings. The summed E-state index contributed by atoms with van der Waals surface area (Å²) in [4.78, 5) is 22.9. The molecule has 0 aromatic rings. The largest absolute Gasteiger partial charge is 0.468 e. The first kappa shape index (κ1) is 11.8. The van der Waals surface area contributed by atoms with Crippen molar-refractivity contribution in [1.82, 2.24) is 0 Å². The number of rotatable bonds is 3. The molecule has 1 rings (SSSR count). The molecule has 0 spiro atoms. The number of esters is 2. The Labute approximate surface area is 89.2 Å². The van der Waals surface area contributed by atoms with Crippen molar-refractivity contribution in [2.45, 2.75) is 25.7 Å². The van der Waals surface area contributed by atoms with Gasteiger partial charge in [-0.25, -0.2) is 0 Å². The van der Waals surface area contributed by atoms with E-state index in [1.807, 2.05) is 6.08 Å². The van der Waals surface area contributed by atoms with E-state index < -0.39 is 17.9 Å². The normalized spacial score (nSPS) is 15.8. The molecule has 0 bridgehead atoms. The number of hydrogen-bond donors (Lipinski definition) is 0. The molecule has 0 N–H and O–H groups in total. The molecule has 0 saturated heterocycles. The summed E-state index contributed by atoms with van der Waals surface area (Å²) in [7, 11) is 2.56. The van der Waals surface area contributed by atoms with E-state index >= 15 is 0 Å². The Bertz CT molecular complexity index is 264. The van der Waals surface area contributed by atoms with Gasteiger partial charge >= 0.3 is 11.9 Å². The van der Waals surface area contributed by atoms with Crippen LogP contribution in [-0.4, -0.2) is 26.2 Å². The predicted octanol–water partition coefficient (Wildman–Crippen LogP) is 1.45. The van der Waals surface area contributed by atoms with Crippen molar-refractivity contribution in [3.05, 3.63) is 11.6 Å². The molecule has 4 nitrogen and oxygen atoms in total. The number of ether oxygens (including phenoxy) is 2. The van der Waals surface area contributed by atoms with Crippen LogP contribution < -0.4 is 0 Å². The van der Waals surface area contributed by atoms with Crippen LogP contribution in [0.25, 0.3) is 0 Å². The maximum absolute atomic E-state index is 11.4. The van der Waals surface area contributed by atoms with Crippen molar-refractivity contribution in [2.24, 2.45) is 5.92 Å². The van der Waals surface area contributed by atoms with Crippen molar-refractivity contribution < 1.29 is 19.1 Å². The highest BCUT2D eigenvalue weighted by atomic mass is 16.5. The van der Waals surface area contributed by atoms with Crippen molar-refractivity contribution in [3.8, 4) is 0 Å². The second-order valence-corrected chi connectivity index (χ2v) is 3.50. The third-order valence-electron chi connectivity index (χ3n) is 2.57. The van der Waals surface area contributed by atoms with Crippen molar-refractivity contribution in [2.75, 3.05) is 14.2 Å². The van der Waals surface area contributed by atoms with Gasteiger partial charge in [0.1, 0.15) is 0 Å². The van der Waals surface area contributed by atoms with Crippen LogP contribution in [0.5, 0.6) is 0 Å². The molecule has 0 aliphatic heterocycles. The summed E-state index contributed by atoms with van der Waals surface area (Å²) >= 11 is 0. The van der Waals surface area contributed by atoms with Gasteiger partial charge in [-0.05, 0) is 31.3 Å². The van der Waals surface area contributed by atoms with Gasteiger partial charge in [-0.2, -0.15) is 0 Å². The van der Waals surface area contributed by atoms with Crippen LogP contribution in [-0.2, 0) is 19.1 Å². The van der Waals surface area contributed by atoms with Gasteiger partial charge in [0.15, 0.2) is 5.92 Å². The summed E-state index contributed by atoms with van der Waals surface area (Å²) in [5.41, 5.74) is 0.833. The van der Waals surface area contributed by atoms with Gasteiger partial charge in [0, 0.05) is 0 Å². The van der Waals surface area contributed by atoms with E-state index in [-0.39, 0.29) is 0 Å². The second-order valence-electron chi connectivity index (χ2n) is 3.50. The van der Waals surface area contributed by atoms with Crippen LogP contribution in [0.15, 0.2) is 11.6 Å². The quantitative estimate of drug-likeness (QED) is 0.403. The average molecular weight is 212 g/mol. The van der Waals surface area contributed by atoms with Crippen molar-refractivity contribution in [1.29, 1.82) is 0 Å². The number of allylic oxidation sites excluding steroid dienone is 1. The summed E-state index contributed by atoms with van der Waals surface area (Å²) in [5, 5.41) is 0. The zero-order valence-electron chi connectivity index (χ0n) is 9.12. The number of carbonyl (C=O) groups is 2. The zero-order chi connectivity index (χ0) is 11.3. The Morgan fingerprint density at radius 3 is 2.20 bits per heavy atom. The molecule has 4 heteroatoms. The summed E-state index contributed by atoms with van der Waals surface area (Å²) in [6.07, 6.45) is 5.76. The van der Waals surface area contributed by atoms with E-state index in [0.29, 0.717) is 0 Å². The van der Waals surface area contributed by atoms with Crippen LogP contribution >= 0.6 is 0 Å². The molecule has 0 amide bonds. The fourth-order valence-corrected chi connectivity index (χ4v) is 1.76. The predicted molar refractivity (Wildman–Crippen MR) is 54.1 cm³/mol. The Morgan fingerprint density at radius 1 is 1.20 bits per heavy atom. The Kier molecular flexibility index (Phi) is 4.34. The van der Waals surface area contributed by atoms with Gasteiger partial charge in [0.05, 0.1) is 14.2 Å². The van der Waals surface area contributed by atoms with E-state index in [9.17, 15) is 9.59 Å². The lowest BCUT2D eigenvalue weighted by Crippen LogP contribution is -2.29. The monoisotopic (exact) mass is 212 g/mol. The van der Waals surface area contributed by atoms with E-state index in [1.54, 1.807) is 0 Å². The molecule has 0 aromatic heterocycles. The molecule has 15 heavy (non-hydrogen) atoms. The fourth-order valence-electron chi connectivity index (χ4n) is 1.76. The highest BCUT2D eigenvalue weighted by Crippen LogP contribution is 2.26. The summed E-state index contributed by atoms with van der Waals surface area (Å²) < 4.78 is 9.22. The molecule has 1 aliphatic carbocycles. The second kappa shape index (κ2) is 5.53. The van der Waals surface area contributed by atoms with Crippen LogP contribution in [0.4, 0.5) is 0 Å². The molecule has 0 atom stereocenters. The summed E-state index contributed by atoms with van der Waals surface area (Å²) in [6.45, 7) is 0. The minimum absolute atomic E-state index is 0.532. The SMILES string of the molecule is COC(=O)C(C(=O)OC)C1=CCCCC1. The van der Waals surface area contributed by atoms with Crippen LogP contribution in [0, 0.1) is 5.92 Å². The molecule has 0 aromatic carbocycles. The zero-order valence-corrected chi connectivity index (χ0v) is 9.12. The molecule has 0 radical (unpaired) electrons. The number of carbonyl (C=O) groups excluding carboxylic acids is 2. The van der Waals surface area contributed by atoms with E-state index in [0.717, 1.165) is 31.3 Å². The molecular weight excluding hydrogens is 196 g/mol. The van der Waals surface area contributed by atoms with Crippen LogP contribution in [0.1, 0.15) is 25.7 Å². The molecule has 1 aliphatic rings. The van der Waals surface area contributed by atoms with Crippen molar-refractivity contribution in [3.63, 3.8) is 0 Å².